The van der Waals surface area contributed by atoms with Crippen molar-refractivity contribution in [3.63, 3.8) is 0 Å². The predicted molar refractivity (Wildman–Crippen MR) is 81.5 cm³/mol. The van der Waals surface area contributed by atoms with Crippen molar-refractivity contribution < 1.29 is 14.3 Å². The highest BCUT2D eigenvalue weighted by Gasteiger charge is 2.07. The van der Waals surface area contributed by atoms with Gasteiger partial charge in [-0.2, -0.15) is 0 Å². The maximum Gasteiger partial charge on any atom is 0.170 e. The molecule has 0 atom stereocenters. The molecule has 0 unspecified atom stereocenters. The molecule has 21 heavy (non-hydrogen) atoms. The molecule has 0 aliphatic rings. The standard InChI is InChI=1S/C15H14BrFN2O2/c16-13-3-1-2-10(6-13)8-21-9-12-5-4-11(7-14(12)17)15(18)19-20/h1-7,20H,8-9H2,(H2,18,19). The summed E-state index contributed by atoms with van der Waals surface area (Å²) >= 11 is 3.38. The van der Waals surface area contributed by atoms with Gasteiger partial charge in [0.15, 0.2) is 5.84 Å². The van der Waals surface area contributed by atoms with Crippen LogP contribution in [0.2, 0.25) is 0 Å². The number of benzene rings is 2. The molecule has 0 aliphatic heterocycles. The van der Waals surface area contributed by atoms with Crippen molar-refractivity contribution in [2.24, 2.45) is 10.9 Å². The first-order valence-electron chi connectivity index (χ1n) is 6.18. The van der Waals surface area contributed by atoms with Crippen LogP contribution in [0.1, 0.15) is 16.7 Å². The first kappa shape index (κ1) is 15.5. The van der Waals surface area contributed by atoms with Gasteiger partial charge in [0, 0.05) is 15.6 Å². The summed E-state index contributed by atoms with van der Waals surface area (Å²) in [4.78, 5) is 0. The van der Waals surface area contributed by atoms with E-state index in [1.807, 2.05) is 24.3 Å². The summed E-state index contributed by atoms with van der Waals surface area (Å²) in [5.41, 5.74) is 7.14. The molecule has 0 fully saturated rings. The van der Waals surface area contributed by atoms with Gasteiger partial charge in [0.05, 0.1) is 13.2 Å². The van der Waals surface area contributed by atoms with Gasteiger partial charge in [0.25, 0.3) is 0 Å². The van der Waals surface area contributed by atoms with Crippen LogP contribution in [-0.4, -0.2) is 11.0 Å². The third-order valence-electron chi connectivity index (χ3n) is 2.87. The van der Waals surface area contributed by atoms with Crippen molar-refractivity contribution >= 4 is 21.8 Å². The van der Waals surface area contributed by atoms with Gasteiger partial charge < -0.3 is 15.7 Å². The number of nitrogens with two attached hydrogens (primary N) is 1. The number of oxime groups is 1. The predicted octanol–water partition coefficient (Wildman–Crippen LogP) is 3.40. The van der Waals surface area contributed by atoms with Gasteiger partial charge in [-0.1, -0.05) is 45.4 Å². The number of halogens is 2. The summed E-state index contributed by atoms with van der Waals surface area (Å²) in [6, 6.07) is 12.1. The van der Waals surface area contributed by atoms with E-state index in [4.69, 9.17) is 15.7 Å². The van der Waals surface area contributed by atoms with Crippen molar-refractivity contribution in [1.29, 1.82) is 0 Å². The minimum Gasteiger partial charge on any atom is -0.409 e. The van der Waals surface area contributed by atoms with E-state index in [1.54, 1.807) is 12.1 Å². The number of ether oxygens (including phenoxy) is 1. The average Bonchev–Trinajstić information content (AvgIpc) is 2.48. The summed E-state index contributed by atoms with van der Waals surface area (Å²) < 4.78 is 20.3. The highest BCUT2D eigenvalue weighted by molar-refractivity contribution is 9.10. The van der Waals surface area contributed by atoms with Crippen molar-refractivity contribution in [1.82, 2.24) is 0 Å². The number of rotatable bonds is 5. The fraction of sp³-hybridized carbons (Fsp3) is 0.133. The Morgan fingerprint density at radius 1 is 1.24 bits per heavy atom. The van der Waals surface area contributed by atoms with E-state index in [0.29, 0.717) is 17.7 Å². The average molecular weight is 353 g/mol. The molecular weight excluding hydrogens is 339 g/mol. The Kier molecular flexibility index (Phi) is 5.30. The minimum absolute atomic E-state index is 0.129. The van der Waals surface area contributed by atoms with Crippen LogP contribution in [0.25, 0.3) is 0 Å². The zero-order valence-electron chi connectivity index (χ0n) is 11.1. The maximum atomic E-state index is 13.9. The summed E-state index contributed by atoms with van der Waals surface area (Å²) in [6.07, 6.45) is 0. The van der Waals surface area contributed by atoms with Gasteiger partial charge in [-0.25, -0.2) is 4.39 Å². The molecule has 0 bridgehead atoms. The summed E-state index contributed by atoms with van der Waals surface area (Å²) in [5, 5.41) is 11.4. The minimum atomic E-state index is -0.451. The van der Waals surface area contributed by atoms with Crippen LogP contribution in [0, 0.1) is 5.82 Å². The summed E-state index contributed by atoms with van der Waals surface area (Å²) in [5.74, 6) is -0.580. The molecule has 0 amide bonds. The van der Waals surface area contributed by atoms with Crippen molar-refractivity contribution in [2.45, 2.75) is 13.2 Å². The van der Waals surface area contributed by atoms with Crippen molar-refractivity contribution in [2.75, 3.05) is 0 Å². The Morgan fingerprint density at radius 2 is 2.05 bits per heavy atom. The zero-order chi connectivity index (χ0) is 15.2. The van der Waals surface area contributed by atoms with Crippen molar-refractivity contribution in [3.05, 3.63) is 69.4 Å². The smallest absolute Gasteiger partial charge is 0.170 e. The molecule has 0 spiro atoms. The van der Waals surface area contributed by atoms with Crippen LogP contribution in [0.4, 0.5) is 4.39 Å². The third-order valence-corrected chi connectivity index (χ3v) is 3.37. The number of nitrogens with zero attached hydrogens (tertiary/aromatic N) is 1. The lowest BCUT2D eigenvalue weighted by Crippen LogP contribution is -2.13. The van der Waals surface area contributed by atoms with Crippen LogP contribution < -0.4 is 5.73 Å². The molecule has 0 aromatic heterocycles. The highest BCUT2D eigenvalue weighted by atomic mass is 79.9. The molecule has 2 aromatic rings. The van der Waals surface area contributed by atoms with Crippen LogP contribution in [0.3, 0.4) is 0 Å². The largest absolute Gasteiger partial charge is 0.409 e. The Labute approximate surface area is 130 Å². The fourth-order valence-electron chi connectivity index (χ4n) is 1.79. The number of hydrogen-bond acceptors (Lipinski definition) is 3. The third kappa shape index (κ3) is 4.27. The Morgan fingerprint density at radius 3 is 2.71 bits per heavy atom. The Bertz CT molecular complexity index is 662. The molecule has 110 valence electrons. The maximum absolute atomic E-state index is 13.9. The molecule has 2 aromatic carbocycles. The molecule has 0 saturated heterocycles. The first-order valence-corrected chi connectivity index (χ1v) is 6.98. The van der Waals surface area contributed by atoms with Gasteiger partial charge >= 0.3 is 0 Å². The quantitative estimate of drug-likeness (QED) is 0.375. The van der Waals surface area contributed by atoms with Gasteiger partial charge in [-0.15, -0.1) is 0 Å². The fourth-order valence-corrected chi connectivity index (χ4v) is 2.23. The van der Waals surface area contributed by atoms with Gasteiger partial charge in [-0.3, -0.25) is 0 Å². The second kappa shape index (κ2) is 7.19. The van der Waals surface area contributed by atoms with Crippen LogP contribution in [0.15, 0.2) is 52.1 Å². The van der Waals surface area contributed by atoms with E-state index in [9.17, 15) is 4.39 Å². The van der Waals surface area contributed by atoms with Crippen molar-refractivity contribution in [3.8, 4) is 0 Å². The molecule has 0 aliphatic carbocycles. The van der Waals surface area contributed by atoms with E-state index < -0.39 is 5.82 Å². The van der Waals surface area contributed by atoms with Crippen LogP contribution in [0.5, 0.6) is 0 Å². The second-order valence-corrected chi connectivity index (χ2v) is 5.33. The molecular formula is C15H14BrFN2O2. The second-order valence-electron chi connectivity index (χ2n) is 4.41. The van der Waals surface area contributed by atoms with E-state index in [2.05, 4.69) is 21.1 Å². The van der Waals surface area contributed by atoms with E-state index >= 15 is 0 Å². The normalized spacial score (nSPS) is 11.6. The number of amidine groups is 1. The van der Waals surface area contributed by atoms with Gasteiger partial charge in [0.1, 0.15) is 5.82 Å². The van der Waals surface area contributed by atoms with Crippen LogP contribution >= 0.6 is 15.9 Å². The van der Waals surface area contributed by atoms with Crippen LogP contribution in [-0.2, 0) is 18.0 Å². The zero-order valence-corrected chi connectivity index (χ0v) is 12.7. The van der Waals surface area contributed by atoms with Gasteiger partial charge in [-0.05, 0) is 23.8 Å². The first-order chi connectivity index (χ1) is 10.1. The molecule has 0 saturated carbocycles. The summed E-state index contributed by atoms with van der Waals surface area (Å²) in [7, 11) is 0. The monoisotopic (exact) mass is 352 g/mol. The molecule has 0 heterocycles. The van der Waals surface area contributed by atoms with E-state index in [-0.39, 0.29) is 12.4 Å². The SMILES string of the molecule is N/C(=N/O)c1ccc(COCc2cccc(Br)c2)c(F)c1. The molecule has 3 N–H and O–H groups in total. The number of hydrogen-bond donors (Lipinski definition) is 2. The Hall–Kier alpha value is -1.92. The lowest BCUT2D eigenvalue weighted by molar-refractivity contribution is 0.105. The van der Waals surface area contributed by atoms with E-state index in [0.717, 1.165) is 10.0 Å². The van der Waals surface area contributed by atoms with E-state index in [1.165, 1.54) is 6.07 Å². The highest BCUT2D eigenvalue weighted by Crippen LogP contribution is 2.15. The molecule has 4 nitrogen and oxygen atoms in total. The molecule has 0 radical (unpaired) electrons. The summed E-state index contributed by atoms with van der Waals surface area (Å²) in [6.45, 7) is 0.537. The molecule has 6 heteroatoms. The topological polar surface area (TPSA) is 67.8 Å². The lowest BCUT2D eigenvalue weighted by Gasteiger charge is -2.07. The lowest BCUT2D eigenvalue weighted by atomic mass is 10.1. The Balaban J connectivity index is 1.97. The molecule has 2 rings (SSSR count). The van der Waals surface area contributed by atoms with Gasteiger partial charge in [0.2, 0.25) is 0 Å².